The Kier molecular flexibility index (Phi) is 3.23. The number of pyridine rings is 1. The molecule has 14 heavy (non-hydrogen) atoms. The highest BCUT2D eigenvalue weighted by molar-refractivity contribution is 5.51. The summed E-state index contributed by atoms with van der Waals surface area (Å²) < 4.78 is 1.82. The molecule has 2 heterocycles. The summed E-state index contributed by atoms with van der Waals surface area (Å²) in [5.74, 6) is 0. The van der Waals surface area contributed by atoms with Crippen molar-refractivity contribution in [2.45, 2.75) is 34.6 Å². The smallest absolute Gasteiger partial charge is 0.158 e. The first-order valence-electron chi connectivity index (χ1n) is 4.96. The van der Waals surface area contributed by atoms with Crippen LogP contribution < -0.4 is 0 Å². The van der Waals surface area contributed by atoms with Gasteiger partial charge < -0.3 is 0 Å². The predicted molar refractivity (Wildman–Crippen MR) is 58.5 cm³/mol. The molecule has 0 atom stereocenters. The zero-order valence-electron chi connectivity index (χ0n) is 9.50. The Balaban J connectivity index is 0.000000461. The minimum atomic E-state index is 0.957. The highest BCUT2D eigenvalue weighted by Gasteiger charge is 2.04. The largest absolute Gasteiger partial charge is 0.221 e. The van der Waals surface area contributed by atoms with Crippen LogP contribution in [0.4, 0.5) is 0 Å². The fraction of sp³-hybridized carbons (Fsp3) is 0.455. The average molecular weight is 191 g/mol. The molecule has 0 spiro atoms. The highest BCUT2D eigenvalue weighted by Crippen LogP contribution is 2.15. The maximum Gasteiger partial charge on any atom is 0.158 e. The van der Waals surface area contributed by atoms with Crippen molar-refractivity contribution in [2.24, 2.45) is 0 Å². The Hall–Kier alpha value is -1.38. The minimum absolute atomic E-state index is 0.957. The normalized spacial score (nSPS) is 9.79. The molecule has 0 aliphatic carbocycles. The van der Waals surface area contributed by atoms with Crippen molar-refractivity contribution in [3.8, 4) is 0 Å². The van der Waals surface area contributed by atoms with Gasteiger partial charge in [0.2, 0.25) is 0 Å². The molecule has 0 saturated heterocycles. The Bertz CT molecular complexity index is 429. The van der Waals surface area contributed by atoms with E-state index in [1.807, 2.05) is 24.6 Å². The van der Waals surface area contributed by atoms with E-state index in [0.717, 1.165) is 5.65 Å². The third-order valence-corrected chi connectivity index (χ3v) is 2.38. The van der Waals surface area contributed by atoms with Gasteiger partial charge in [0.1, 0.15) is 6.33 Å². The van der Waals surface area contributed by atoms with Crippen LogP contribution in [-0.2, 0) is 0 Å². The molecule has 0 amide bonds. The van der Waals surface area contributed by atoms with Gasteiger partial charge in [-0.1, -0.05) is 13.8 Å². The van der Waals surface area contributed by atoms with Gasteiger partial charge in [0, 0.05) is 6.20 Å². The number of hydrogen-bond acceptors (Lipinski definition) is 2. The summed E-state index contributed by atoms with van der Waals surface area (Å²) in [6, 6.07) is 0. The van der Waals surface area contributed by atoms with Gasteiger partial charge in [0.05, 0.1) is 0 Å². The van der Waals surface area contributed by atoms with Crippen LogP contribution in [0, 0.1) is 20.8 Å². The van der Waals surface area contributed by atoms with Gasteiger partial charge in [0.25, 0.3) is 0 Å². The van der Waals surface area contributed by atoms with Crippen molar-refractivity contribution in [2.75, 3.05) is 0 Å². The first-order chi connectivity index (χ1) is 6.70. The van der Waals surface area contributed by atoms with Crippen molar-refractivity contribution >= 4 is 5.65 Å². The molecule has 0 unspecified atom stereocenters. The molecule has 3 heteroatoms. The van der Waals surface area contributed by atoms with Crippen LogP contribution in [0.25, 0.3) is 5.65 Å². The van der Waals surface area contributed by atoms with Crippen molar-refractivity contribution in [1.29, 1.82) is 0 Å². The topological polar surface area (TPSA) is 30.2 Å². The summed E-state index contributed by atoms with van der Waals surface area (Å²) in [7, 11) is 0. The standard InChI is InChI=1S/C9H11N3.C2H6/c1-6-4-12-9(10-5-11-12)8(3)7(6)2;1-2/h4-5H,1-3H3;1-2H3. The SMILES string of the molecule is CC.Cc1cn2ncnc2c(C)c1C. The van der Waals surface area contributed by atoms with E-state index in [0.29, 0.717) is 0 Å². The van der Waals surface area contributed by atoms with E-state index in [1.54, 1.807) is 6.33 Å². The van der Waals surface area contributed by atoms with Gasteiger partial charge in [-0.25, -0.2) is 9.50 Å². The lowest BCUT2D eigenvalue weighted by Gasteiger charge is -2.04. The van der Waals surface area contributed by atoms with Crippen LogP contribution in [-0.4, -0.2) is 14.6 Å². The Morgan fingerprint density at radius 1 is 1.07 bits per heavy atom. The third-order valence-electron chi connectivity index (χ3n) is 2.38. The first-order valence-corrected chi connectivity index (χ1v) is 4.96. The summed E-state index contributed by atoms with van der Waals surface area (Å²) in [6.07, 6.45) is 3.59. The molecular weight excluding hydrogens is 174 g/mol. The molecule has 2 rings (SSSR count). The fourth-order valence-electron chi connectivity index (χ4n) is 1.36. The summed E-state index contributed by atoms with van der Waals surface area (Å²) in [4.78, 5) is 4.17. The number of hydrogen-bond donors (Lipinski definition) is 0. The molecule has 0 aliphatic rings. The number of aryl methyl sites for hydroxylation is 2. The lowest BCUT2D eigenvalue weighted by Crippen LogP contribution is -1.95. The van der Waals surface area contributed by atoms with Gasteiger partial charge in [-0.05, 0) is 37.5 Å². The zero-order valence-corrected chi connectivity index (χ0v) is 9.50. The summed E-state index contributed by atoms with van der Waals surface area (Å²) >= 11 is 0. The number of rotatable bonds is 0. The van der Waals surface area contributed by atoms with Crippen LogP contribution in [0.1, 0.15) is 30.5 Å². The molecule has 76 valence electrons. The van der Waals surface area contributed by atoms with Crippen LogP contribution >= 0.6 is 0 Å². The average Bonchev–Trinajstić information content (AvgIpc) is 2.65. The molecule has 0 fully saturated rings. The quantitative estimate of drug-likeness (QED) is 0.641. The van der Waals surface area contributed by atoms with E-state index in [4.69, 9.17) is 0 Å². The van der Waals surface area contributed by atoms with Crippen LogP contribution in [0.15, 0.2) is 12.5 Å². The van der Waals surface area contributed by atoms with Crippen LogP contribution in [0.2, 0.25) is 0 Å². The molecular formula is C11H17N3. The van der Waals surface area contributed by atoms with Gasteiger partial charge in [0.15, 0.2) is 5.65 Å². The van der Waals surface area contributed by atoms with Gasteiger partial charge >= 0.3 is 0 Å². The van der Waals surface area contributed by atoms with Crippen LogP contribution in [0.3, 0.4) is 0 Å². The van der Waals surface area contributed by atoms with E-state index in [9.17, 15) is 0 Å². The Morgan fingerprint density at radius 3 is 2.36 bits per heavy atom. The molecule has 0 N–H and O–H groups in total. The maximum absolute atomic E-state index is 4.17. The monoisotopic (exact) mass is 191 g/mol. The second kappa shape index (κ2) is 4.22. The van der Waals surface area contributed by atoms with E-state index in [-0.39, 0.29) is 0 Å². The molecule has 2 aromatic rings. The zero-order chi connectivity index (χ0) is 10.7. The van der Waals surface area contributed by atoms with Crippen molar-refractivity contribution < 1.29 is 0 Å². The number of nitrogens with zero attached hydrogens (tertiary/aromatic N) is 3. The van der Waals surface area contributed by atoms with Gasteiger partial charge in [-0.3, -0.25) is 0 Å². The molecule has 0 aliphatic heterocycles. The third kappa shape index (κ3) is 1.62. The predicted octanol–water partition coefficient (Wildman–Crippen LogP) is 2.68. The Labute approximate surface area is 84.8 Å². The van der Waals surface area contributed by atoms with Gasteiger partial charge in [-0.2, -0.15) is 5.10 Å². The summed E-state index contributed by atoms with van der Waals surface area (Å²) in [5, 5.41) is 4.09. The molecule has 0 bridgehead atoms. The first kappa shape index (κ1) is 10.7. The number of fused-ring (bicyclic) bond motifs is 1. The van der Waals surface area contributed by atoms with E-state index in [1.165, 1.54) is 16.7 Å². The van der Waals surface area contributed by atoms with E-state index < -0.39 is 0 Å². The highest BCUT2D eigenvalue weighted by atomic mass is 15.3. The lowest BCUT2D eigenvalue weighted by atomic mass is 10.1. The molecule has 2 aromatic heterocycles. The summed E-state index contributed by atoms with van der Waals surface area (Å²) in [6.45, 7) is 10.3. The molecule has 0 saturated carbocycles. The van der Waals surface area contributed by atoms with Crippen LogP contribution in [0.5, 0.6) is 0 Å². The summed E-state index contributed by atoms with van der Waals surface area (Å²) in [5.41, 5.74) is 4.73. The Morgan fingerprint density at radius 2 is 1.71 bits per heavy atom. The second-order valence-corrected chi connectivity index (χ2v) is 3.09. The van der Waals surface area contributed by atoms with Crippen molar-refractivity contribution in [3.63, 3.8) is 0 Å². The molecule has 0 radical (unpaired) electrons. The minimum Gasteiger partial charge on any atom is -0.221 e. The van der Waals surface area contributed by atoms with E-state index in [2.05, 4.69) is 30.9 Å². The number of aromatic nitrogens is 3. The van der Waals surface area contributed by atoms with Gasteiger partial charge in [-0.15, -0.1) is 0 Å². The molecule has 0 aromatic carbocycles. The second-order valence-electron chi connectivity index (χ2n) is 3.09. The fourth-order valence-corrected chi connectivity index (χ4v) is 1.36. The van der Waals surface area contributed by atoms with Crippen molar-refractivity contribution in [1.82, 2.24) is 14.6 Å². The van der Waals surface area contributed by atoms with E-state index >= 15 is 0 Å². The van der Waals surface area contributed by atoms with Crippen molar-refractivity contribution in [3.05, 3.63) is 29.2 Å². The lowest BCUT2D eigenvalue weighted by molar-refractivity contribution is 0.939. The maximum atomic E-state index is 4.17. The molecule has 3 nitrogen and oxygen atoms in total.